The van der Waals surface area contributed by atoms with Gasteiger partial charge < -0.3 is 10.6 Å². The first-order chi connectivity index (χ1) is 8.50. The smallest absolute Gasteiger partial charge is 0.257 e. The number of nitrogens with zero attached hydrogens (tertiary/aromatic N) is 2. The van der Waals surface area contributed by atoms with Crippen molar-refractivity contribution in [1.82, 2.24) is 9.88 Å². The van der Waals surface area contributed by atoms with Gasteiger partial charge in [0.2, 0.25) is 0 Å². The number of halogens is 1. The number of nitrogens with two attached hydrogens (primary N) is 1. The van der Waals surface area contributed by atoms with Gasteiger partial charge in [0, 0.05) is 12.1 Å². The molecule has 2 atom stereocenters. The molecule has 0 spiro atoms. The monoisotopic (exact) mass is 267 g/mol. The van der Waals surface area contributed by atoms with Gasteiger partial charge in [-0.05, 0) is 39.2 Å². The van der Waals surface area contributed by atoms with Crippen LogP contribution < -0.4 is 5.73 Å². The van der Waals surface area contributed by atoms with Gasteiger partial charge in [-0.1, -0.05) is 11.6 Å². The Bertz CT molecular complexity index is 454. The zero-order chi connectivity index (χ0) is 13.3. The molecule has 0 bridgehead atoms. The number of carbonyl (C=O) groups is 1. The summed E-state index contributed by atoms with van der Waals surface area (Å²) < 4.78 is 0. The Morgan fingerprint density at radius 3 is 2.67 bits per heavy atom. The predicted octanol–water partition coefficient (Wildman–Crippen LogP) is 2.72. The van der Waals surface area contributed by atoms with Crippen molar-refractivity contribution in [3.05, 3.63) is 23.0 Å². The lowest BCUT2D eigenvalue weighted by molar-refractivity contribution is 0.0510. The minimum absolute atomic E-state index is 0.0699. The van der Waals surface area contributed by atoms with Gasteiger partial charge in [0.1, 0.15) is 5.15 Å². The summed E-state index contributed by atoms with van der Waals surface area (Å²) in [7, 11) is 0. The number of piperidine rings is 1. The first kappa shape index (κ1) is 13.1. The van der Waals surface area contributed by atoms with Crippen LogP contribution in [0.4, 0.5) is 5.69 Å². The van der Waals surface area contributed by atoms with Crippen LogP contribution in [-0.2, 0) is 0 Å². The SMILES string of the molecule is CC1CCCC(C)N1C(=O)c1cc(N)cnc1Cl. The van der Waals surface area contributed by atoms with Gasteiger partial charge in [-0.3, -0.25) is 4.79 Å². The maximum absolute atomic E-state index is 12.5. The van der Waals surface area contributed by atoms with Crippen molar-refractivity contribution >= 4 is 23.2 Å². The van der Waals surface area contributed by atoms with Crippen LogP contribution in [0.5, 0.6) is 0 Å². The van der Waals surface area contributed by atoms with Crippen molar-refractivity contribution in [3.8, 4) is 0 Å². The minimum atomic E-state index is -0.0699. The first-order valence-electron chi connectivity index (χ1n) is 6.24. The molecule has 0 aromatic carbocycles. The number of anilines is 1. The fraction of sp³-hybridized carbons (Fsp3) is 0.538. The number of hydrogen-bond acceptors (Lipinski definition) is 3. The Hall–Kier alpha value is -1.29. The summed E-state index contributed by atoms with van der Waals surface area (Å²) in [5.41, 5.74) is 6.53. The number of hydrogen-bond donors (Lipinski definition) is 1. The van der Waals surface area contributed by atoms with E-state index in [9.17, 15) is 4.79 Å². The fourth-order valence-electron chi connectivity index (χ4n) is 2.57. The summed E-state index contributed by atoms with van der Waals surface area (Å²) in [6, 6.07) is 2.07. The lowest BCUT2D eigenvalue weighted by Gasteiger charge is -2.39. The third-order valence-electron chi connectivity index (χ3n) is 3.52. The van der Waals surface area contributed by atoms with Crippen LogP contribution in [-0.4, -0.2) is 27.9 Å². The topological polar surface area (TPSA) is 59.2 Å². The maximum Gasteiger partial charge on any atom is 0.257 e. The van der Waals surface area contributed by atoms with Crippen molar-refractivity contribution in [3.63, 3.8) is 0 Å². The highest BCUT2D eigenvalue weighted by molar-refractivity contribution is 6.32. The van der Waals surface area contributed by atoms with Gasteiger partial charge in [-0.2, -0.15) is 0 Å². The van der Waals surface area contributed by atoms with E-state index in [0.29, 0.717) is 11.3 Å². The third-order valence-corrected chi connectivity index (χ3v) is 3.82. The molecular formula is C13H18ClN3O. The van der Waals surface area contributed by atoms with Crippen LogP contribution in [0.1, 0.15) is 43.5 Å². The molecule has 1 aromatic rings. The number of aromatic nitrogens is 1. The lowest BCUT2D eigenvalue weighted by Crippen LogP contribution is -2.47. The molecule has 0 aliphatic carbocycles. The Kier molecular flexibility index (Phi) is 3.76. The summed E-state index contributed by atoms with van der Waals surface area (Å²) >= 11 is 5.99. The summed E-state index contributed by atoms with van der Waals surface area (Å²) in [6.45, 7) is 4.14. The van der Waals surface area contributed by atoms with Crippen molar-refractivity contribution in [1.29, 1.82) is 0 Å². The summed E-state index contributed by atoms with van der Waals surface area (Å²) in [5, 5.41) is 0.221. The van der Waals surface area contributed by atoms with E-state index in [4.69, 9.17) is 17.3 Å². The number of rotatable bonds is 1. The number of pyridine rings is 1. The predicted molar refractivity (Wildman–Crippen MR) is 72.6 cm³/mol. The molecule has 1 amide bonds. The normalized spacial score (nSPS) is 24.1. The molecule has 1 aliphatic heterocycles. The number of nitrogen functional groups attached to an aromatic ring is 1. The largest absolute Gasteiger partial charge is 0.397 e. The van der Waals surface area contributed by atoms with Crippen molar-refractivity contribution in [2.45, 2.75) is 45.2 Å². The zero-order valence-electron chi connectivity index (χ0n) is 10.7. The molecule has 2 unspecified atom stereocenters. The Morgan fingerprint density at radius 1 is 1.44 bits per heavy atom. The molecule has 98 valence electrons. The van der Waals surface area contributed by atoms with Gasteiger partial charge in [-0.25, -0.2) is 4.98 Å². The molecule has 0 saturated carbocycles. The van der Waals surface area contributed by atoms with Crippen LogP contribution in [0.3, 0.4) is 0 Å². The van der Waals surface area contributed by atoms with Crippen molar-refractivity contribution < 1.29 is 4.79 Å². The summed E-state index contributed by atoms with van der Waals surface area (Å²) in [5.74, 6) is -0.0699. The highest BCUT2D eigenvalue weighted by Gasteiger charge is 2.30. The molecule has 4 nitrogen and oxygen atoms in total. The highest BCUT2D eigenvalue weighted by Crippen LogP contribution is 2.26. The Balaban J connectivity index is 2.32. The van der Waals surface area contributed by atoms with Crippen LogP contribution in [0, 0.1) is 0 Å². The van der Waals surface area contributed by atoms with Crippen LogP contribution in [0.2, 0.25) is 5.15 Å². The average Bonchev–Trinajstić information content (AvgIpc) is 2.32. The highest BCUT2D eigenvalue weighted by atomic mass is 35.5. The van der Waals surface area contributed by atoms with E-state index >= 15 is 0 Å². The van der Waals surface area contributed by atoms with E-state index in [1.165, 1.54) is 6.20 Å². The van der Waals surface area contributed by atoms with Crippen LogP contribution in [0.15, 0.2) is 12.3 Å². The second kappa shape index (κ2) is 5.14. The second-order valence-corrected chi connectivity index (χ2v) is 5.31. The van der Waals surface area contributed by atoms with Crippen LogP contribution >= 0.6 is 11.6 Å². The van der Waals surface area contributed by atoms with Crippen molar-refractivity contribution in [2.75, 3.05) is 5.73 Å². The summed E-state index contributed by atoms with van der Waals surface area (Å²) in [6.07, 6.45) is 4.68. The maximum atomic E-state index is 12.5. The lowest BCUT2D eigenvalue weighted by atomic mass is 9.96. The van der Waals surface area contributed by atoms with Gasteiger partial charge in [0.15, 0.2) is 0 Å². The van der Waals surface area contributed by atoms with E-state index in [-0.39, 0.29) is 23.1 Å². The molecule has 1 aromatic heterocycles. The molecule has 2 rings (SSSR count). The molecule has 18 heavy (non-hydrogen) atoms. The molecule has 1 saturated heterocycles. The molecule has 5 heteroatoms. The Labute approximate surface area is 112 Å². The zero-order valence-corrected chi connectivity index (χ0v) is 11.4. The number of likely N-dealkylation sites (tertiary alicyclic amines) is 1. The van der Waals surface area contributed by atoms with Gasteiger partial charge in [0.25, 0.3) is 5.91 Å². The van der Waals surface area contributed by atoms with Crippen LogP contribution in [0.25, 0.3) is 0 Å². The molecule has 0 radical (unpaired) electrons. The average molecular weight is 268 g/mol. The van der Waals surface area contributed by atoms with E-state index in [1.807, 2.05) is 4.90 Å². The Morgan fingerprint density at radius 2 is 2.06 bits per heavy atom. The minimum Gasteiger partial charge on any atom is -0.397 e. The second-order valence-electron chi connectivity index (χ2n) is 4.95. The van der Waals surface area contributed by atoms with Crippen molar-refractivity contribution in [2.24, 2.45) is 0 Å². The molecule has 1 aliphatic rings. The standard InChI is InChI=1S/C13H18ClN3O/c1-8-4-3-5-9(2)17(8)13(18)11-6-10(15)7-16-12(11)14/h6-9H,3-5,15H2,1-2H3. The molecular weight excluding hydrogens is 250 g/mol. The number of carbonyl (C=O) groups excluding carboxylic acids is 1. The fourth-order valence-corrected chi connectivity index (χ4v) is 2.76. The molecule has 2 heterocycles. The number of amides is 1. The van der Waals surface area contributed by atoms with E-state index < -0.39 is 0 Å². The van der Waals surface area contributed by atoms with E-state index in [1.54, 1.807) is 6.07 Å². The van der Waals surface area contributed by atoms with E-state index in [0.717, 1.165) is 19.3 Å². The van der Waals surface area contributed by atoms with Gasteiger partial charge in [0.05, 0.1) is 17.4 Å². The molecule has 2 N–H and O–H groups in total. The third kappa shape index (κ3) is 2.43. The quantitative estimate of drug-likeness (QED) is 0.796. The van der Waals surface area contributed by atoms with E-state index in [2.05, 4.69) is 18.8 Å². The van der Waals surface area contributed by atoms with Gasteiger partial charge >= 0.3 is 0 Å². The van der Waals surface area contributed by atoms with Gasteiger partial charge in [-0.15, -0.1) is 0 Å². The first-order valence-corrected chi connectivity index (χ1v) is 6.62. The summed E-state index contributed by atoms with van der Waals surface area (Å²) in [4.78, 5) is 18.4. The molecule has 1 fully saturated rings.